The molecule has 9 nitrogen and oxygen atoms in total. The van der Waals surface area contributed by atoms with Gasteiger partial charge >= 0.3 is 6.09 Å². The van der Waals surface area contributed by atoms with Gasteiger partial charge in [0.25, 0.3) is 5.91 Å². The molecule has 0 aliphatic carbocycles. The number of carbonyl (C=O) groups excluding carboxylic acids is 2. The molecule has 0 saturated carbocycles. The SMILES string of the molecule is COCCOC(=O)Nc1cccc(NCC(=O)N2N=C(c3ccc(C)cc3)CC2c2ccco2)c1. The number of hydrazone groups is 1. The van der Waals surface area contributed by atoms with Gasteiger partial charge in [-0.25, -0.2) is 9.80 Å². The first-order valence-electron chi connectivity index (χ1n) is 11.3. The lowest BCUT2D eigenvalue weighted by molar-refractivity contribution is -0.131. The van der Waals surface area contributed by atoms with Crippen molar-refractivity contribution in [2.24, 2.45) is 5.10 Å². The highest BCUT2D eigenvalue weighted by atomic mass is 16.6. The second-order valence-corrected chi connectivity index (χ2v) is 8.07. The van der Waals surface area contributed by atoms with Gasteiger partial charge in [0.05, 0.1) is 25.1 Å². The molecule has 1 aliphatic heterocycles. The van der Waals surface area contributed by atoms with Crippen LogP contribution in [0.2, 0.25) is 0 Å². The minimum atomic E-state index is -0.577. The largest absolute Gasteiger partial charge is 0.467 e. The van der Waals surface area contributed by atoms with Crippen molar-refractivity contribution in [3.8, 4) is 0 Å². The summed E-state index contributed by atoms with van der Waals surface area (Å²) in [5.74, 6) is 0.480. The summed E-state index contributed by atoms with van der Waals surface area (Å²) in [4.78, 5) is 25.0. The van der Waals surface area contributed by atoms with E-state index in [0.29, 0.717) is 30.2 Å². The number of benzene rings is 2. The zero-order valence-electron chi connectivity index (χ0n) is 19.7. The van der Waals surface area contributed by atoms with Gasteiger partial charge in [-0.2, -0.15) is 5.10 Å². The fourth-order valence-electron chi connectivity index (χ4n) is 3.70. The van der Waals surface area contributed by atoms with E-state index in [1.54, 1.807) is 30.5 Å². The molecule has 1 aliphatic rings. The van der Waals surface area contributed by atoms with Crippen LogP contribution in [0.25, 0.3) is 0 Å². The molecular weight excluding hydrogens is 448 g/mol. The molecule has 2 aromatic carbocycles. The molecule has 0 bridgehead atoms. The number of anilines is 2. The number of aryl methyl sites for hydroxylation is 1. The Bertz CT molecular complexity index is 1170. The normalized spacial score (nSPS) is 15.0. The van der Waals surface area contributed by atoms with Crippen molar-refractivity contribution in [1.29, 1.82) is 0 Å². The molecule has 4 rings (SSSR count). The second kappa shape index (κ2) is 11.3. The molecule has 2 N–H and O–H groups in total. The summed E-state index contributed by atoms with van der Waals surface area (Å²) in [6.45, 7) is 2.53. The topological polar surface area (TPSA) is 105 Å². The van der Waals surface area contributed by atoms with Crippen LogP contribution in [0.3, 0.4) is 0 Å². The summed E-state index contributed by atoms with van der Waals surface area (Å²) in [6, 6.07) is 18.5. The number of furan rings is 1. The Balaban J connectivity index is 1.42. The molecule has 0 radical (unpaired) electrons. The van der Waals surface area contributed by atoms with E-state index in [9.17, 15) is 9.59 Å². The van der Waals surface area contributed by atoms with Crippen molar-refractivity contribution in [2.75, 3.05) is 37.5 Å². The Kier molecular flexibility index (Phi) is 7.79. The van der Waals surface area contributed by atoms with E-state index >= 15 is 0 Å². The van der Waals surface area contributed by atoms with Gasteiger partial charge < -0.3 is 19.2 Å². The Hall–Kier alpha value is -4.11. The number of nitrogens with zero attached hydrogens (tertiary/aromatic N) is 2. The highest BCUT2D eigenvalue weighted by Crippen LogP contribution is 2.33. The third-order valence-corrected chi connectivity index (χ3v) is 5.50. The quantitative estimate of drug-likeness (QED) is 0.438. The molecule has 1 aromatic heterocycles. The fourth-order valence-corrected chi connectivity index (χ4v) is 3.70. The number of ether oxygens (including phenoxy) is 2. The third kappa shape index (κ3) is 6.27. The van der Waals surface area contributed by atoms with Crippen LogP contribution in [-0.2, 0) is 14.3 Å². The number of amides is 2. The van der Waals surface area contributed by atoms with Crippen LogP contribution in [0.1, 0.15) is 29.3 Å². The maximum absolute atomic E-state index is 13.2. The Morgan fingerprint density at radius 3 is 2.63 bits per heavy atom. The smallest absolute Gasteiger partial charge is 0.411 e. The van der Waals surface area contributed by atoms with Gasteiger partial charge in [-0.05, 0) is 42.8 Å². The number of carbonyl (C=O) groups is 2. The van der Waals surface area contributed by atoms with Crippen LogP contribution in [0, 0.1) is 6.92 Å². The maximum atomic E-state index is 13.2. The van der Waals surface area contributed by atoms with Gasteiger partial charge in [-0.15, -0.1) is 0 Å². The Morgan fingerprint density at radius 1 is 1.09 bits per heavy atom. The van der Waals surface area contributed by atoms with Crippen molar-refractivity contribution in [3.05, 3.63) is 83.8 Å². The van der Waals surface area contributed by atoms with Crippen molar-refractivity contribution < 1.29 is 23.5 Å². The number of nitrogens with one attached hydrogen (secondary N) is 2. The lowest BCUT2D eigenvalue weighted by Crippen LogP contribution is -2.32. The van der Waals surface area contributed by atoms with Crippen molar-refractivity contribution in [2.45, 2.75) is 19.4 Å². The molecule has 1 atom stereocenters. The van der Waals surface area contributed by atoms with E-state index in [4.69, 9.17) is 13.9 Å². The summed E-state index contributed by atoms with van der Waals surface area (Å²) in [5, 5.41) is 11.9. The van der Waals surface area contributed by atoms with Crippen LogP contribution in [-0.4, -0.2) is 49.6 Å². The monoisotopic (exact) mass is 476 g/mol. The molecule has 3 aromatic rings. The number of methoxy groups -OCH3 is 1. The summed E-state index contributed by atoms with van der Waals surface area (Å²) in [5.41, 5.74) is 4.18. The Morgan fingerprint density at radius 2 is 1.89 bits per heavy atom. The molecule has 1 unspecified atom stereocenters. The minimum Gasteiger partial charge on any atom is -0.467 e. The molecular formula is C26H28N4O5. The average Bonchev–Trinajstić information content (AvgIpc) is 3.54. The predicted molar refractivity (Wildman–Crippen MR) is 132 cm³/mol. The summed E-state index contributed by atoms with van der Waals surface area (Å²) in [7, 11) is 1.53. The summed E-state index contributed by atoms with van der Waals surface area (Å²) in [6.07, 6.45) is 1.58. The van der Waals surface area contributed by atoms with E-state index in [-0.39, 0.29) is 25.1 Å². The highest BCUT2D eigenvalue weighted by molar-refractivity contribution is 6.03. The maximum Gasteiger partial charge on any atom is 0.411 e. The molecule has 0 saturated heterocycles. The van der Waals surface area contributed by atoms with Gasteiger partial charge in [0.15, 0.2) is 0 Å². The molecule has 182 valence electrons. The molecule has 9 heteroatoms. The van der Waals surface area contributed by atoms with Crippen molar-refractivity contribution in [3.63, 3.8) is 0 Å². The molecule has 2 heterocycles. The number of hydrogen-bond donors (Lipinski definition) is 2. The van der Waals surface area contributed by atoms with Crippen LogP contribution in [0.4, 0.5) is 16.2 Å². The Labute approximate surface area is 203 Å². The van der Waals surface area contributed by atoms with Crippen LogP contribution in [0.15, 0.2) is 76.4 Å². The summed E-state index contributed by atoms with van der Waals surface area (Å²) >= 11 is 0. The fraction of sp³-hybridized carbons (Fsp3) is 0.269. The van der Waals surface area contributed by atoms with Gasteiger partial charge in [0.2, 0.25) is 0 Å². The van der Waals surface area contributed by atoms with Crippen LogP contribution >= 0.6 is 0 Å². The highest BCUT2D eigenvalue weighted by Gasteiger charge is 2.34. The first kappa shape index (κ1) is 24.0. The zero-order valence-corrected chi connectivity index (χ0v) is 19.7. The van der Waals surface area contributed by atoms with Crippen LogP contribution < -0.4 is 10.6 Å². The van der Waals surface area contributed by atoms with E-state index in [2.05, 4.69) is 15.7 Å². The van der Waals surface area contributed by atoms with Crippen molar-refractivity contribution in [1.82, 2.24) is 5.01 Å². The van der Waals surface area contributed by atoms with Gasteiger partial charge in [0.1, 0.15) is 18.4 Å². The minimum absolute atomic E-state index is 0.0175. The lowest BCUT2D eigenvalue weighted by Gasteiger charge is -2.20. The van der Waals surface area contributed by atoms with Gasteiger partial charge in [0, 0.05) is 24.9 Å². The van der Waals surface area contributed by atoms with Gasteiger partial charge in [-0.1, -0.05) is 35.9 Å². The first-order valence-corrected chi connectivity index (χ1v) is 11.3. The van der Waals surface area contributed by atoms with E-state index < -0.39 is 6.09 Å². The molecule has 2 amide bonds. The van der Waals surface area contributed by atoms with Crippen LogP contribution in [0.5, 0.6) is 0 Å². The second-order valence-electron chi connectivity index (χ2n) is 8.07. The molecule has 0 fully saturated rings. The third-order valence-electron chi connectivity index (χ3n) is 5.50. The standard InChI is InChI=1S/C26H28N4O5/c1-18-8-10-19(11-9-18)22-16-23(24-7-4-12-34-24)30(29-22)25(31)17-27-20-5-3-6-21(15-20)28-26(32)35-14-13-33-2/h3-12,15,23,27H,13-14,16-17H2,1-2H3,(H,28,32). The lowest BCUT2D eigenvalue weighted by atomic mass is 10.0. The van der Waals surface area contributed by atoms with E-state index in [0.717, 1.165) is 16.8 Å². The average molecular weight is 477 g/mol. The van der Waals surface area contributed by atoms with E-state index in [1.807, 2.05) is 43.3 Å². The molecule has 0 spiro atoms. The van der Waals surface area contributed by atoms with E-state index in [1.165, 1.54) is 12.1 Å². The number of rotatable bonds is 9. The first-order chi connectivity index (χ1) is 17.0. The van der Waals surface area contributed by atoms with Gasteiger partial charge in [-0.3, -0.25) is 10.1 Å². The number of hydrogen-bond acceptors (Lipinski definition) is 7. The zero-order chi connectivity index (χ0) is 24.6. The summed E-state index contributed by atoms with van der Waals surface area (Å²) < 4.78 is 15.5. The van der Waals surface area contributed by atoms with Crippen molar-refractivity contribution >= 4 is 29.1 Å². The predicted octanol–water partition coefficient (Wildman–Crippen LogP) is 4.57. The molecule has 35 heavy (non-hydrogen) atoms.